The lowest BCUT2D eigenvalue weighted by Crippen LogP contribution is -1.99. The second-order valence-electron chi connectivity index (χ2n) is 3.23. The van der Waals surface area contributed by atoms with E-state index in [1.54, 1.807) is 4.68 Å². The molecular formula is C9H9N5. The molecule has 0 unspecified atom stereocenters. The van der Waals surface area contributed by atoms with Crippen molar-refractivity contribution in [1.29, 1.82) is 5.26 Å². The molecule has 0 fully saturated rings. The number of nitriles is 1. The minimum atomic E-state index is 0.322. The Morgan fingerprint density at radius 3 is 2.93 bits per heavy atom. The van der Waals surface area contributed by atoms with Crippen molar-refractivity contribution in [3.05, 3.63) is 12.0 Å². The summed E-state index contributed by atoms with van der Waals surface area (Å²) in [5, 5.41) is 13.0. The monoisotopic (exact) mass is 187 g/mol. The molecular weight excluding hydrogens is 178 g/mol. The van der Waals surface area contributed by atoms with Crippen molar-refractivity contribution >= 4 is 17.2 Å². The maximum atomic E-state index is 8.78. The molecule has 0 aromatic carbocycles. The molecule has 2 rings (SSSR count). The Morgan fingerprint density at radius 2 is 2.21 bits per heavy atom. The van der Waals surface area contributed by atoms with Gasteiger partial charge in [-0.25, -0.2) is 14.7 Å². The van der Waals surface area contributed by atoms with Crippen molar-refractivity contribution < 1.29 is 0 Å². The molecule has 0 aliphatic carbocycles. The molecule has 0 saturated heterocycles. The van der Waals surface area contributed by atoms with Crippen LogP contribution in [0.15, 0.2) is 16.4 Å². The third kappa shape index (κ3) is 1.31. The van der Waals surface area contributed by atoms with Crippen LogP contribution in [-0.2, 0) is 0 Å². The van der Waals surface area contributed by atoms with Gasteiger partial charge < -0.3 is 0 Å². The summed E-state index contributed by atoms with van der Waals surface area (Å²) in [7, 11) is 0. The lowest BCUT2D eigenvalue weighted by atomic mass is 10.2. The van der Waals surface area contributed by atoms with Crippen molar-refractivity contribution in [2.24, 2.45) is 10.1 Å². The highest BCUT2D eigenvalue weighted by Crippen LogP contribution is 2.20. The van der Waals surface area contributed by atoms with Gasteiger partial charge >= 0.3 is 0 Å². The van der Waals surface area contributed by atoms with E-state index in [4.69, 9.17) is 5.26 Å². The van der Waals surface area contributed by atoms with E-state index in [0.29, 0.717) is 11.5 Å². The molecule has 0 radical (unpaired) electrons. The highest BCUT2D eigenvalue weighted by Gasteiger charge is 2.13. The molecule has 0 N–H and O–H groups in total. The molecule has 5 nitrogen and oxygen atoms in total. The maximum absolute atomic E-state index is 8.78. The van der Waals surface area contributed by atoms with Gasteiger partial charge in [-0.2, -0.15) is 10.4 Å². The van der Waals surface area contributed by atoms with Gasteiger partial charge in [0.25, 0.3) is 0 Å². The Morgan fingerprint density at radius 1 is 1.43 bits per heavy atom. The number of aromatic nitrogens is 2. The first-order chi connectivity index (χ1) is 6.70. The Hall–Kier alpha value is -1.96. The first kappa shape index (κ1) is 8.63. The van der Waals surface area contributed by atoms with Gasteiger partial charge in [0, 0.05) is 17.8 Å². The molecule has 0 amide bonds. The number of rotatable bonds is 0. The fourth-order valence-corrected chi connectivity index (χ4v) is 1.40. The van der Waals surface area contributed by atoms with E-state index in [1.165, 1.54) is 6.33 Å². The summed E-state index contributed by atoms with van der Waals surface area (Å²) in [6, 6.07) is 1.99. The topological polar surface area (TPSA) is 66.3 Å². The van der Waals surface area contributed by atoms with Crippen molar-refractivity contribution in [3.63, 3.8) is 0 Å². The van der Waals surface area contributed by atoms with Gasteiger partial charge in [0.05, 0.1) is 0 Å². The second kappa shape index (κ2) is 3.07. The molecule has 0 spiro atoms. The third-order valence-corrected chi connectivity index (χ3v) is 1.92. The average Bonchev–Trinajstić information content (AvgIpc) is 2.41. The van der Waals surface area contributed by atoms with Gasteiger partial charge in [-0.1, -0.05) is 0 Å². The first-order valence-corrected chi connectivity index (χ1v) is 4.27. The molecule has 0 atom stereocenters. The Labute approximate surface area is 81.4 Å². The number of hydrogen-bond acceptors (Lipinski definition) is 4. The van der Waals surface area contributed by atoms with Gasteiger partial charge in [-0.15, -0.1) is 0 Å². The second-order valence-corrected chi connectivity index (χ2v) is 3.23. The predicted molar refractivity (Wildman–Crippen MR) is 52.8 cm³/mol. The lowest BCUT2D eigenvalue weighted by molar-refractivity contribution is 0.876. The molecule has 14 heavy (non-hydrogen) atoms. The summed E-state index contributed by atoms with van der Waals surface area (Å²) in [4.78, 5) is 8.22. The zero-order valence-corrected chi connectivity index (χ0v) is 8.02. The standard InChI is InChI=1S/C9H9N5/c1-6-3-7(2)13-14-5-11-8(4-10)9(14)12-6/h5H,3H2,1-2H3. The highest BCUT2D eigenvalue weighted by atomic mass is 15.4. The molecule has 0 saturated carbocycles. The molecule has 1 aromatic rings. The van der Waals surface area contributed by atoms with E-state index < -0.39 is 0 Å². The van der Waals surface area contributed by atoms with E-state index in [0.717, 1.165) is 17.8 Å². The van der Waals surface area contributed by atoms with Crippen LogP contribution in [0.25, 0.3) is 0 Å². The van der Waals surface area contributed by atoms with Crippen molar-refractivity contribution in [1.82, 2.24) is 9.66 Å². The van der Waals surface area contributed by atoms with Crippen LogP contribution in [0.5, 0.6) is 0 Å². The van der Waals surface area contributed by atoms with Crippen LogP contribution in [0.3, 0.4) is 0 Å². The number of aliphatic imine (C=N–C) groups is 1. The minimum Gasteiger partial charge on any atom is -0.235 e. The zero-order chi connectivity index (χ0) is 10.1. The molecule has 1 aromatic heterocycles. The Kier molecular flexibility index (Phi) is 1.89. The van der Waals surface area contributed by atoms with E-state index in [9.17, 15) is 0 Å². The summed E-state index contributed by atoms with van der Waals surface area (Å²) in [5.74, 6) is 0.529. The largest absolute Gasteiger partial charge is 0.235 e. The van der Waals surface area contributed by atoms with Crippen LogP contribution in [0.1, 0.15) is 26.0 Å². The van der Waals surface area contributed by atoms with Gasteiger partial charge in [0.15, 0.2) is 11.5 Å². The number of imidazole rings is 1. The van der Waals surface area contributed by atoms with Crippen LogP contribution >= 0.6 is 0 Å². The average molecular weight is 187 g/mol. The van der Waals surface area contributed by atoms with E-state index in [2.05, 4.69) is 15.1 Å². The van der Waals surface area contributed by atoms with Crippen LogP contribution in [0.4, 0.5) is 5.82 Å². The zero-order valence-electron chi connectivity index (χ0n) is 8.02. The molecule has 1 aliphatic heterocycles. The van der Waals surface area contributed by atoms with Crippen LogP contribution in [0.2, 0.25) is 0 Å². The summed E-state index contributed by atoms with van der Waals surface area (Å²) in [6.45, 7) is 3.85. The Bertz CT molecular complexity index is 472. The van der Waals surface area contributed by atoms with Crippen molar-refractivity contribution in [2.75, 3.05) is 0 Å². The number of fused-ring (bicyclic) bond motifs is 1. The predicted octanol–water partition coefficient (Wildman–Crippen LogP) is 1.47. The number of hydrogen-bond donors (Lipinski definition) is 0. The summed E-state index contributed by atoms with van der Waals surface area (Å²) in [6.07, 6.45) is 2.26. The van der Waals surface area contributed by atoms with Gasteiger partial charge in [0.2, 0.25) is 0 Å². The molecule has 70 valence electrons. The van der Waals surface area contributed by atoms with Crippen LogP contribution in [-0.4, -0.2) is 21.1 Å². The van der Waals surface area contributed by atoms with Crippen LogP contribution < -0.4 is 0 Å². The van der Waals surface area contributed by atoms with Gasteiger partial charge in [0.1, 0.15) is 12.4 Å². The molecule has 5 heteroatoms. The summed E-state index contributed by atoms with van der Waals surface area (Å²) < 4.78 is 1.55. The fraction of sp³-hybridized carbons (Fsp3) is 0.333. The third-order valence-electron chi connectivity index (χ3n) is 1.92. The molecule has 2 heterocycles. The fourth-order valence-electron chi connectivity index (χ4n) is 1.40. The van der Waals surface area contributed by atoms with Crippen molar-refractivity contribution in [2.45, 2.75) is 20.3 Å². The highest BCUT2D eigenvalue weighted by molar-refractivity contribution is 6.03. The molecule has 1 aliphatic rings. The first-order valence-electron chi connectivity index (χ1n) is 4.27. The minimum absolute atomic E-state index is 0.322. The smallest absolute Gasteiger partial charge is 0.191 e. The van der Waals surface area contributed by atoms with Gasteiger partial charge in [-0.05, 0) is 13.8 Å². The van der Waals surface area contributed by atoms with E-state index in [1.807, 2.05) is 19.9 Å². The number of nitrogens with zero attached hydrogens (tertiary/aromatic N) is 5. The quantitative estimate of drug-likeness (QED) is 0.617. The maximum Gasteiger partial charge on any atom is 0.191 e. The Balaban J connectivity index is 2.65. The van der Waals surface area contributed by atoms with Crippen molar-refractivity contribution in [3.8, 4) is 6.07 Å². The SMILES string of the molecule is CC1=Nc2c(C#N)ncn2N=C(C)C1. The van der Waals surface area contributed by atoms with E-state index in [-0.39, 0.29) is 0 Å². The lowest BCUT2D eigenvalue weighted by Gasteiger charge is -1.93. The van der Waals surface area contributed by atoms with E-state index >= 15 is 0 Å². The normalized spacial score (nSPS) is 14.9. The summed E-state index contributed by atoms with van der Waals surface area (Å²) >= 11 is 0. The van der Waals surface area contributed by atoms with Gasteiger partial charge in [-0.3, -0.25) is 0 Å². The van der Waals surface area contributed by atoms with Crippen LogP contribution in [0, 0.1) is 11.3 Å². The molecule has 0 bridgehead atoms. The summed E-state index contributed by atoms with van der Waals surface area (Å²) in [5.41, 5.74) is 2.23.